The van der Waals surface area contributed by atoms with Crippen LogP contribution in [0.5, 0.6) is 0 Å². The van der Waals surface area contributed by atoms with E-state index in [0.717, 1.165) is 16.5 Å². The van der Waals surface area contributed by atoms with Crippen LogP contribution in [0.3, 0.4) is 0 Å². The predicted octanol–water partition coefficient (Wildman–Crippen LogP) is 0.961. The fraction of sp³-hybridized carbons (Fsp3) is 0.583. The van der Waals surface area contributed by atoms with Crippen LogP contribution in [-0.4, -0.2) is 38.7 Å². The average molecular weight is 260 g/mol. The Morgan fingerprint density at radius 2 is 1.74 bits per heavy atom. The van der Waals surface area contributed by atoms with Gasteiger partial charge in [0.2, 0.25) is 5.65 Å². The number of H-pyrrole nitrogens is 1. The lowest BCUT2D eigenvalue weighted by molar-refractivity contribution is 0.00578. The minimum Gasteiger partial charge on any atom is -0.399 e. The van der Waals surface area contributed by atoms with Crippen molar-refractivity contribution in [2.75, 3.05) is 0 Å². The van der Waals surface area contributed by atoms with Crippen LogP contribution < -0.4 is 5.46 Å². The highest BCUT2D eigenvalue weighted by molar-refractivity contribution is 6.62. The smallest absolute Gasteiger partial charge is 0.399 e. The summed E-state index contributed by atoms with van der Waals surface area (Å²) in [6.07, 6.45) is 1.75. The molecule has 2 aromatic heterocycles. The van der Waals surface area contributed by atoms with E-state index >= 15 is 0 Å². The molecular weight excluding hydrogens is 243 g/mol. The van der Waals surface area contributed by atoms with Crippen molar-refractivity contribution in [1.29, 1.82) is 0 Å². The molecule has 1 aliphatic heterocycles. The first kappa shape index (κ1) is 12.6. The van der Waals surface area contributed by atoms with Crippen molar-refractivity contribution < 1.29 is 9.31 Å². The first-order chi connectivity index (χ1) is 8.82. The Morgan fingerprint density at radius 3 is 2.37 bits per heavy atom. The molecule has 3 rings (SSSR count). The van der Waals surface area contributed by atoms with Crippen molar-refractivity contribution in [2.24, 2.45) is 0 Å². The molecule has 6 nitrogen and oxygen atoms in total. The third-order valence-corrected chi connectivity index (χ3v) is 4.15. The molecule has 0 saturated carbocycles. The van der Waals surface area contributed by atoms with Gasteiger partial charge in [0.25, 0.3) is 0 Å². The monoisotopic (exact) mass is 260 g/mol. The summed E-state index contributed by atoms with van der Waals surface area (Å²) in [5.74, 6) is 0. The molecule has 1 fully saturated rings. The van der Waals surface area contributed by atoms with Gasteiger partial charge in [0, 0.05) is 11.7 Å². The summed E-state index contributed by atoms with van der Waals surface area (Å²) < 4.78 is 12.1. The summed E-state index contributed by atoms with van der Waals surface area (Å²) in [4.78, 5) is 4.28. The Morgan fingerprint density at radius 1 is 1.11 bits per heavy atom. The number of nitrogens with zero attached hydrogens (tertiary/aromatic N) is 3. The number of aryl methyl sites for hydroxylation is 1. The van der Waals surface area contributed by atoms with Gasteiger partial charge in [-0.15, -0.1) is 5.10 Å². The summed E-state index contributed by atoms with van der Waals surface area (Å²) in [5.41, 5.74) is 2.54. The van der Waals surface area contributed by atoms with Crippen LogP contribution in [0.15, 0.2) is 6.20 Å². The van der Waals surface area contributed by atoms with E-state index in [9.17, 15) is 0 Å². The quantitative estimate of drug-likeness (QED) is 0.773. The van der Waals surface area contributed by atoms with Crippen LogP contribution >= 0.6 is 0 Å². The van der Waals surface area contributed by atoms with Gasteiger partial charge in [0.15, 0.2) is 0 Å². The van der Waals surface area contributed by atoms with Crippen LogP contribution in [-0.2, 0) is 9.31 Å². The molecule has 0 amide bonds. The van der Waals surface area contributed by atoms with Crippen LogP contribution in [0.25, 0.3) is 11.2 Å². The fourth-order valence-electron chi connectivity index (χ4n) is 2.14. The molecule has 1 aliphatic rings. The summed E-state index contributed by atoms with van der Waals surface area (Å²) in [7, 11) is -0.418. The van der Waals surface area contributed by atoms with E-state index in [4.69, 9.17) is 9.31 Å². The molecule has 0 atom stereocenters. The molecule has 1 N–H and O–H groups in total. The minimum atomic E-state index is -0.418. The number of aromatic amines is 1. The molecule has 1 saturated heterocycles. The number of hydrogen-bond donors (Lipinski definition) is 1. The molecular formula is C12H17BN4O2. The molecule has 0 bridgehead atoms. The third kappa shape index (κ3) is 1.76. The Bertz CT molecular complexity index is 622. The zero-order valence-corrected chi connectivity index (χ0v) is 11.8. The lowest BCUT2D eigenvalue weighted by Gasteiger charge is -2.32. The number of aromatic nitrogens is 4. The SMILES string of the molecule is Cc1c(B2OC(C)(C)C(C)(C)O2)cnc2n[nH]nc12. The van der Waals surface area contributed by atoms with Crippen molar-refractivity contribution in [2.45, 2.75) is 45.8 Å². The first-order valence-electron chi connectivity index (χ1n) is 6.33. The molecule has 7 heteroatoms. The number of nitrogens with one attached hydrogen (secondary N) is 1. The van der Waals surface area contributed by atoms with E-state index in [1.165, 1.54) is 0 Å². The number of pyridine rings is 1. The first-order valence-corrected chi connectivity index (χ1v) is 6.33. The van der Waals surface area contributed by atoms with Gasteiger partial charge in [-0.1, -0.05) is 0 Å². The maximum absolute atomic E-state index is 6.04. The van der Waals surface area contributed by atoms with Gasteiger partial charge in [-0.05, 0) is 40.2 Å². The zero-order chi connectivity index (χ0) is 13.8. The fourth-order valence-corrected chi connectivity index (χ4v) is 2.14. The standard InChI is InChI=1S/C12H17BN4O2/c1-7-8(6-14-10-9(7)15-17-16-10)13-18-11(2,3)12(4,5)19-13/h6H,1-5H3,(H,14,15,16,17). The molecule has 3 heterocycles. The van der Waals surface area contributed by atoms with Crippen molar-refractivity contribution in [3.05, 3.63) is 11.8 Å². The van der Waals surface area contributed by atoms with Gasteiger partial charge in [-0.25, -0.2) is 4.98 Å². The topological polar surface area (TPSA) is 72.9 Å². The lowest BCUT2D eigenvalue weighted by Crippen LogP contribution is -2.41. The Balaban J connectivity index is 2.04. The van der Waals surface area contributed by atoms with Gasteiger partial charge < -0.3 is 9.31 Å². The van der Waals surface area contributed by atoms with Gasteiger partial charge >= 0.3 is 7.12 Å². The molecule has 0 unspecified atom stereocenters. The molecule has 0 aliphatic carbocycles. The van der Waals surface area contributed by atoms with Gasteiger partial charge in [0.1, 0.15) is 5.52 Å². The summed E-state index contributed by atoms with van der Waals surface area (Å²) in [6, 6.07) is 0. The highest BCUT2D eigenvalue weighted by Gasteiger charge is 2.52. The van der Waals surface area contributed by atoms with Crippen molar-refractivity contribution >= 4 is 23.7 Å². The molecule has 19 heavy (non-hydrogen) atoms. The van der Waals surface area contributed by atoms with Gasteiger partial charge in [-0.2, -0.15) is 10.3 Å². The highest BCUT2D eigenvalue weighted by Crippen LogP contribution is 2.36. The molecule has 0 radical (unpaired) electrons. The molecule has 0 aromatic carbocycles. The maximum atomic E-state index is 6.04. The van der Waals surface area contributed by atoms with E-state index in [0.29, 0.717) is 5.65 Å². The Hall–Kier alpha value is -1.47. The maximum Gasteiger partial charge on any atom is 0.496 e. The molecule has 2 aromatic rings. The normalized spacial score (nSPS) is 21.2. The van der Waals surface area contributed by atoms with Crippen molar-refractivity contribution in [3.63, 3.8) is 0 Å². The number of rotatable bonds is 1. The van der Waals surface area contributed by atoms with Crippen LogP contribution in [0, 0.1) is 6.92 Å². The van der Waals surface area contributed by atoms with E-state index in [1.807, 2.05) is 34.6 Å². The highest BCUT2D eigenvalue weighted by atomic mass is 16.7. The summed E-state index contributed by atoms with van der Waals surface area (Å²) >= 11 is 0. The van der Waals surface area contributed by atoms with Crippen LogP contribution in [0.1, 0.15) is 33.3 Å². The van der Waals surface area contributed by atoms with E-state index in [1.54, 1.807) is 6.20 Å². The largest absolute Gasteiger partial charge is 0.496 e. The van der Waals surface area contributed by atoms with Crippen molar-refractivity contribution in [1.82, 2.24) is 20.4 Å². The Kier molecular flexibility index (Phi) is 2.49. The second-order valence-corrected chi connectivity index (χ2v) is 5.92. The van der Waals surface area contributed by atoms with Crippen LogP contribution in [0.2, 0.25) is 0 Å². The second-order valence-electron chi connectivity index (χ2n) is 5.92. The number of hydrogen-bond acceptors (Lipinski definition) is 5. The molecule has 0 spiro atoms. The Labute approximate surface area is 112 Å². The number of fused-ring (bicyclic) bond motifs is 1. The second kappa shape index (κ2) is 3.77. The summed E-state index contributed by atoms with van der Waals surface area (Å²) in [6.45, 7) is 10.1. The lowest BCUT2D eigenvalue weighted by atomic mass is 9.77. The van der Waals surface area contributed by atoms with Crippen LogP contribution in [0.4, 0.5) is 0 Å². The average Bonchev–Trinajstić information content (AvgIpc) is 2.83. The van der Waals surface area contributed by atoms with E-state index in [2.05, 4.69) is 20.4 Å². The van der Waals surface area contributed by atoms with Crippen molar-refractivity contribution in [3.8, 4) is 0 Å². The van der Waals surface area contributed by atoms with Gasteiger partial charge in [0.05, 0.1) is 11.2 Å². The molecule has 100 valence electrons. The zero-order valence-electron chi connectivity index (χ0n) is 11.8. The predicted molar refractivity (Wildman–Crippen MR) is 72.1 cm³/mol. The van der Waals surface area contributed by atoms with Gasteiger partial charge in [-0.3, -0.25) is 0 Å². The minimum absolute atomic E-state index is 0.358. The summed E-state index contributed by atoms with van der Waals surface area (Å²) in [5, 5.41) is 10.7. The van der Waals surface area contributed by atoms with E-state index < -0.39 is 7.12 Å². The van der Waals surface area contributed by atoms with E-state index in [-0.39, 0.29) is 11.2 Å². The third-order valence-electron chi connectivity index (χ3n) is 4.15.